The number of benzene rings is 2. The topological polar surface area (TPSA) is 152 Å². The van der Waals surface area contributed by atoms with Crippen LogP contribution in [0.5, 0.6) is 0 Å². The number of nitrogens with one attached hydrogen (secondary N) is 1. The smallest absolute Gasteiger partial charge is 0.395 e. The van der Waals surface area contributed by atoms with E-state index in [2.05, 4.69) is 5.32 Å². The zero-order valence-electron chi connectivity index (χ0n) is 19.2. The van der Waals surface area contributed by atoms with Gasteiger partial charge in [0.1, 0.15) is 4.92 Å². The molecule has 3 N–H and O–H groups in total. The van der Waals surface area contributed by atoms with E-state index < -0.39 is 34.7 Å². The van der Waals surface area contributed by atoms with Crippen LogP contribution in [0.3, 0.4) is 0 Å². The van der Waals surface area contributed by atoms with Crippen LogP contribution in [0.4, 0.5) is 5.88 Å². The Morgan fingerprint density at radius 2 is 1.70 bits per heavy atom. The molecule has 1 saturated heterocycles. The lowest BCUT2D eigenvalue weighted by Crippen LogP contribution is -2.53. The summed E-state index contributed by atoms with van der Waals surface area (Å²) in [6.45, 7) is 0.454. The van der Waals surface area contributed by atoms with E-state index in [9.17, 15) is 24.5 Å². The Labute approximate surface area is 220 Å². The third kappa shape index (κ3) is 5.58. The molecule has 1 aliphatic rings. The fourth-order valence-electron chi connectivity index (χ4n) is 3.96. The zero-order valence-corrected chi connectivity index (χ0v) is 20.7. The van der Waals surface area contributed by atoms with Crippen LogP contribution in [-0.4, -0.2) is 51.7 Å². The van der Waals surface area contributed by atoms with Crippen LogP contribution in [0.25, 0.3) is 0 Å². The van der Waals surface area contributed by atoms with Gasteiger partial charge in [0.2, 0.25) is 0 Å². The van der Waals surface area contributed by atoms with Gasteiger partial charge in [-0.1, -0.05) is 47.5 Å². The van der Waals surface area contributed by atoms with Crippen molar-refractivity contribution in [1.29, 1.82) is 0 Å². The molecule has 1 unspecified atom stereocenters. The fraction of sp³-hybridized carbons (Fsp3) is 0.208. The maximum absolute atomic E-state index is 13.4. The molecule has 0 spiro atoms. The zero-order chi connectivity index (χ0) is 26.7. The second kappa shape index (κ2) is 11.0. The quantitative estimate of drug-likeness (QED) is 0.341. The second-order valence-electron chi connectivity index (χ2n) is 8.14. The molecule has 11 nitrogen and oxygen atoms in total. The average Bonchev–Trinajstić information content (AvgIpc) is 3.56. The second-order valence-corrected chi connectivity index (χ2v) is 8.95. The first-order valence-electron chi connectivity index (χ1n) is 11.1. The van der Waals surface area contributed by atoms with Crippen LogP contribution in [0.2, 0.25) is 10.0 Å². The molecule has 0 radical (unpaired) electrons. The maximum atomic E-state index is 13.4. The van der Waals surface area contributed by atoms with Crippen LogP contribution in [0, 0.1) is 10.1 Å². The molecule has 192 valence electrons. The van der Waals surface area contributed by atoms with Crippen molar-refractivity contribution in [1.82, 2.24) is 15.1 Å². The van der Waals surface area contributed by atoms with Gasteiger partial charge in [-0.15, -0.1) is 0 Å². The standard InChI is InChI=1S/C24H21Cl2N5O6/c25-17-5-4-16(11-18(17)26)23(33)29-8-9-30(24(34)19-6-7-20(37-19)31(35)36)22(29)21(32)28-13-15-3-1-2-14(10-15)12-27/h1-7,10-11,22H,8-9,12-13,27H2,(H,28,32). The van der Waals surface area contributed by atoms with Crippen molar-refractivity contribution in [2.24, 2.45) is 5.73 Å². The number of amides is 3. The van der Waals surface area contributed by atoms with Crippen molar-refractivity contribution < 1.29 is 23.7 Å². The highest BCUT2D eigenvalue weighted by atomic mass is 35.5. The van der Waals surface area contributed by atoms with Crippen molar-refractivity contribution in [2.45, 2.75) is 19.3 Å². The Kier molecular flexibility index (Phi) is 7.77. The van der Waals surface area contributed by atoms with Gasteiger partial charge in [0, 0.05) is 31.7 Å². The number of furan rings is 1. The van der Waals surface area contributed by atoms with Crippen LogP contribution in [0.1, 0.15) is 32.0 Å². The number of carbonyl (C=O) groups is 3. The predicted molar refractivity (Wildman–Crippen MR) is 134 cm³/mol. The lowest BCUT2D eigenvalue weighted by atomic mass is 10.1. The summed E-state index contributed by atoms with van der Waals surface area (Å²) in [5.74, 6) is -2.90. The number of halogens is 2. The Balaban J connectivity index is 1.62. The number of nitrogens with zero attached hydrogens (tertiary/aromatic N) is 3. The molecular formula is C24H21Cl2N5O6. The first-order valence-corrected chi connectivity index (χ1v) is 11.8. The van der Waals surface area contributed by atoms with Crippen molar-refractivity contribution in [3.63, 3.8) is 0 Å². The Morgan fingerprint density at radius 1 is 1.00 bits per heavy atom. The van der Waals surface area contributed by atoms with E-state index in [0.29, 0.717) is 6.54 Å². The number of nitrogens with two attached hydrogens (primary N) is 1. The maximum Gasteiger partial charge on any atom is 0.433 e. The highest BCUT2D eigenvalue weighted by molar-refractivity contribution is 6.42. The minimum Gasteiger partial charge on any atom is -0.395 e. The lowest BCUT2D eigenvalue weighted by Gasteiger charge is -2.29. The van der Waals surface area contributed by atoms with Crippen LogP contribution >= 0.6 is 23.2 Å². The third-order valence-corrected chi connectivity index (χ3v) is 6.51. The number of hydrogen-bond donors (Lipinski definition) is 2. The number of carbonyl (C=O) groups excluding carboxylic acids is 3. The minimum absolute atomic E-state index is 0.0128. The molecule has 0 bridgehead atoms. The van der Waals surface area contributed by atoms with Crippen molar-refractivity contribution in [3.8, 4) is 0 Å². The fourth-order valence-corrected chi connectivity index (χ4v) is 4.26. The van der Waals surface area contributed by atoms with Gasteiger partial charge in [0.15, 0.2) is 11.9 Å². The summed E-state index contributed by atoms with van der Waals surface area (Å²) in [5.41, 5.74) is 7.51. The number of rotatable bonds is 7. The van der Waals surface area contributed by atoms with Gasteiger partial charge >= 0.3 is 5.88 Å². The summed E-state index contributed by atoms with van der Waals surface area (Å²) in [5, 5.41) is 14.2. The monoisotopic (exact) mass is 545 g/mol. The van der Waals surface area contributed by atoms with Crippen LogP contribution in [0.15, 0.2) is 59.0 Å². The molecule has 0 saturated carbocycles. The first kappa shape index (κ1) is 26.1. The van der Waals surface area contributed by atoms with Gasteiger partial charge in [-0.2, -0.15) is 0 Å². The van der Waals surface area contributed by atoms with E-state index >= 15 is 0 Å². The van der Waals surface area contributed by atoms with E-state index in [1.807, 2.05) is 12.1 Å². The van der Waals surface area contributed by atoms with Gasteiger partial charge in [-0.3, -0.25) is 24.5 Å². The summed E-state index contributed by atoms with van der Waals surface area (Å²) < 4.78 is 5.04. The van der Waals surface area contributed by atoms with Crippen LogP contribution in [-0.2, 0) is 17.9 Å². The lowest BCUT2D eigenvalue weighted by molar-refractivity contribution is -0.402. The largest absolute Gasteiger partial charge is 0.433 e. The van der Waals surface area contributed by atoms with Crippen molar-refractivity contribution in [2.75, 3.05) is 13.1 Å². The summed E-state index contributed by atoms with van der Waals surface area (Å²) >= 11 is 12.0. The molecule has 3 amide bonds. The summed E-state index contributed by atoms with van der Waals surface area (Å²) in [4.78, 5) is 52.5. The average molecular weight is 546 g/mol. The van der Waals surface area contributed by atoms with E-state index in [4.69, 9.17) is 33.4 Å². The Hall–Kier alpha value is -3.93. The minimum atomic E-state index is -1.35. The molecule has 37 heavy (non-hydrogen) atoms. The number of hydrogen-bond acceptors (Lipinski definition) is 7. The Bertz CT molecular complexity index is 1380. The predicted octanol–water partition coefficient (Wildman–Crippen LogP) is 3.19. The molecule has 2 aromatic carbocycles. The SMILES string of the molecule is NCc1cccc(CNC(=O)C2N(C(=O)c3ccc(Cl)c(Cl)c3)CCN2C(=O)c2ccc([N+](=O)[O-])o2)c1. The highest BCUT2D eigenvalue weighted by Gasteiger charge is 2.44. The van der Waals surface area contributed by atoms with E-state index in [1.54, 1.807) is 12.1 Å². The van der Waals surface area contributed by atoms with Crippen molar-refractivity contribution in [3.05, 3.63) is 97.2 Å². The van der Waals surface area contributed by atoms with E-state index in [-0.39, 0.29) is 41.0 Å². The summed E-state index contributed by atoms with van der Waals surface area (Å²) in [6, 6.07) is 13.8. The molecule has 4 rings (SSSR count). The van der Waals surface area contributed by atoms with Gasteiger partial charge in [0.05, 0.1) is 16.1 Å². The van der Waals surface area contributed by atoms with E-state index in [1.165, 1.54) is 23.1 Å². The van der Waals surface area contributed by atoms with Crippen molar-refractivity contribution >= 4 is 46.8 Å². The molecule has 1 atom stereocenters. The molecule has 0 aliphatic carbocycles. The normalized spacial score (nSPS) is 15.1. The van der Waals surface area contributed by atoms with Gasteiger partial charge in [-0.05, 0) is 35.4 Å². The molecule has 1 aliphatic heterocycles. The molecule has 2 heterocycles. The van der Waals surface area contributed by atoms with Gasteiger partial charge in [0.25, 0.3) is 17.7 Å². The number of nitro groups is 1. The van der Waals surface area contributed by atoms with Crippen LogP contribution < -0.4 is 11.1 Å². The molecular weight excluding hydrogens is 525 g/mol. The molecule has 3 aromatic rings. The van der Waals surface area contributed by atoms with Gasteiger partial charge < -0.3 is 25.3 Å². The molecule has 1 aromatic heterocycles. The van der Waals surface area contributed by atoms with Gasteiger partial charge in [-0.25, -0.2) is 0 Å². The first-order chi connectivity index (χ1) is 17.7. The summed E-state index contributed by atoms with van der Waals surface area (Å²) in [6.07, 6.45) is -1.35. The highest BCUT2D eigenvalue weighted by Crippen LogP contribution is 2.27. The molecule has 13 heteroatoms. The molecule has 1 fully saturated rings. The Morgan fingerprint density at radius 3 is 2.35 bits per heavy atom. The van der Waals surface area contributed by atoms with E-state index in [0.717, 1.165) is 28.2 Å². The summed E-state index contributed by atoms with van der Waals surface area (Å²) in [7, 11) is 0. The third-order valence-electron chi connectivity index (χ3n) is 5.77.